The molecule has 1 fully saturated rings. The Bertz CT molecular complexity index is 1140. The number of halogens is 9. The molecular weight excluding hydrogens is 506 g/mol. The molecule has 0 spiro atoms. The van der Waals surface area contributed by atoms with Crippen molar-refractivity contribution in [3.8, 4) is 5.82 Å². The van der Waals surface area contributed by atoms with E-state index >= 15 is 0 Å². The molecule has 2 aromatic heterocycles. The van der Waals surface area contributed by atoms with Crippen LogP contribution in [0.2, 0.25) is 0 Å². The minimum absolute atomic E-state index is 0.0377. The van der Waals surface area contributed by atoms with Crippen LogP contribution in [0.5, 0.6) is 0 Å². The molecule has 0 radical (unpaired) electrons. The average molecular weight is 521 g/mol. The van der Waals surface area contributed by atoms with Crippen LogP contribution in [0.3, 0.4) is 0 Å². The Morgan fingerprint density at radius 3 is 2.32 bits per heavy atom. The molecule has 17 heteroatoms. The molecule has 0 unspecified atom stereocenters. The smallest absolute Gasteiger partial charge is 0.358 e. The van der Waals surface area contributed by atoms with Crippen LogP contribution in [0.25, 0.3) is 5.82 Å². The quantitative estimate of drug-likeness (QED) is 0.296. The Hall–Kier alpha value is -3.17. The molecular formula is C17H15ClF8N7O+. The highest BCUT2D eigenvalue weighted by molar-refractivity contribution is 6.70. The zero-order valence-corrected chi connectivity index (χ0v) is 17.7. The van der Waals surface area contributed by atoms with Crippen molar-refractivity contribution in [3.63, 3.8) is 0 Å². The lowest BCUT2D eigenvalue weighted by molar-refractivity contribution is -0.292. The fraction of sp³-hybridized carbons (Fsp3) is 0.412. The fourth-order valence-corrected chi connectivity index (χ4v) is 2.94. The molecule has 1 aliphatic rings. The van der Waals surface area contributed by atoms with Crippen LogP contribution in [0, 0.1) is 0 Å². The number of hydrogen-bond acceptors (Lipinski definition) is 4. The number of carbonyl (C=O) groups excluding carboxylic acids is 1. The Balaban J connectivity index is 1.99. The Morgan fingerprint density at radius 1 is 1.21 bits per heavy atom. The number of alkyl halides is 8. The van der Waals surface area contributed by atoms with Crippen molar-refractivity contribution >= 4 is 28.4 Å². The van der Waals surface area contributed by atoms with Gasteiger partial charge in [0.25, 0.3) is 11.1 Å². The molecule has 186 valence electrons. The standard InChI is InChI=1S/C17H14ClF8N7O/c1-32-14(10(16(21,22)23)11(31-32)15(19,20)17(24,25)26)33-6-8(4-29-33)28-5-9(12(18)27)13(34)30-7-2-3-7/h4-7,27-28H,2-3H2,1H3,(H,30,34)/p+1/b9-5+,27-12?. The summed E-state index contributed by atoms with van der Waals surface area (Å²) < 4.78 is 107. The van der Waals surface area contributed by atoms with Crippen molar-refractivity contribution < 1.29 is 45.3 Å². The molecule has 0 aliphatic heterocycles. The van der Waals surface area contributed by atoms with Gasteiger partial charge in [-0.05, 0) is 24.4 Å². The maximum absolute atomic E-state index is 13.8. The Morgan fingerprint density at radius 2 is 1.82 bits per heavy atom. The van der Waals surface area contributed by atoms with Crippen LogP contribution in [-0.2, 0) is 23.9 Å². The van der Waals surface area contributed by atoms with Crippen LogP contribution in [0.1, 0.15) is 24.1 Å². The first kappa shape index (κ1) is 25.5. The summed E-state index contributed by atoms with van der Waals surface area (Å²) >= 11 is 5.69. The zero-order chi connectivity index (χ0) is 25.6. The zero-order valence-electron chi connectivity index (χ0n) is 16.9. The third kappa shape index (κ3) is 5.00. The molecule has 0 aromatic carbocycles. The first-order valence-electron chi connectivity index (χ1n) is 9.24. The van der Waals surface area contributed by atoms with Gasteiger partial charge in [0, 0.05) is 19.3 Å². The highest BCUT2D eigenvalue weighted by atomic mass is 35.5. The van der Waals surface area contributed by atoms with E-state index in [9.17, 15) is 39.9 Å². The molecule has 3 rings (SSSR count). The third-order valence-electron chi connectivity index (χ3n) is 4.55. The van der Waals surface area contributed by atoms with E-state index in [0.717, 1.165) is 38.5 Å². The van der Waals surface area contributed by atoms with Gasteiger partial charge in [-0.25, -0.2) is 14.8 Å². The van der Waals surface area contributed by atoms with Crippen molar-refractivity contribution in [2.45, 2.75) is 37.2 Å². The minimum atomic E-state index is -6.32. The summed E-state index contributed by atoms with van der Waals surface area (Å²) in [5, 5.41) is 16.5. The van der Waals surface area contributed by atoms with E-state index in [2.05, 4.69) is 20.8 Å². The molecule has 2 aromatic rings. The fourth-order valence-electron chi connectivity index (χ4n) is 2.80. The van der Waals surface area contributed by atoms with Gasteiger partial charge in [-0.2, -0.15) is 45.3 Å². The lowest BCUT2D eigenvalue weighted by atomic mass is 10.1. The molecule has 4 N–H and O–H groups in total. The van der Waals surface area contributed by atoms with Crippen LogP contribution < -0.4 is 16.0 Å². The van der Waals surface area contributed by atoms with Crippen LogP contribution in [0.15, 0.2) is 24.2 Å². The van der Waals surface area contributed by atoms with E-state index in [1.54, 1.807) is 0 Å². The average Bonchev–Trinajstić information content (AvgIpc) is 3.23. The maximum Gasteiger partial charge on any atom is 0.459 e. The normalized spacial score (nSPS) is 15.4. The summed E-state index contributed by atoms with van der Waals surface area (Å²) in [5.41, 5.74) is -5.11. The molecule has 1 amide bonds. The largest absolute Gasteiger partial charge is 0.459 e. The second-order valence-electron chi connectivity index (χ2n) is 7.21. The third-order valence-corrected chi connectivity index (χ3v) is 4.75. The molecule has 34 heavy (non-hydrogen) atoms. The van der Waals surface area contributed by atoms with Gasteiger partial charge in [-0.1, -0.05) is 0 Å². The van der Waals surface area contributed by atoms with Gasteiger partial charge in [-0.15, -0.1) is 0 Å². The Kier molecular flexibility index (Phi) is 6.41. The molecule has 0 atom stereocenters. The molecule has 2 heterocycles. The molecule has 8 nitrogen and oxygen atoms in total. The van der Waals surface area contributed by atoms with Crippen molar-refractivity contribution in [3.05, 3.63) is 35.4 Å². The van der Waals surface area contributed by atoms with Gasteiger partial charge in [0.15, 0.2) is 11.5 Å². The summed E-state index contributed by atoms with van der Waals surface area (Å²) in [7, 11) is 0.749. The monoisotopic (exact) mass is 520 g/mol. The number of nitrogens with one attached hydrogen (secondary N) is 2. The van der Waals surface area contributed by atoms with Gasteiger partial charge in [0.1, 0.15) is 11.1 Å². The molecule has 0 bridgehead atoms. The number of nitrogens with zero attached hydrogens (tertiary/aromatic N) is 4. The summed E-state index contributed by atoms with van der Waals surface area (Å²) in [6, 6.07) is -0.0377. The minimum Gasteiger partial charge on any atom is -0.358 e. The van der Waals surface area contributed by atoms with E-state index in [4.69, 9.17) is 17.0 Å². The van der Waals surface area contributed by atoms with E-state index in [0.29, 0.717) is 4.68 Å². The van der Waals surface area contributed by atoms with Crippen LogP contribution >= 0.6 is 11.6 Å². The lowest BCUT2D eigenvalue weighted by Gasteiger charge is -2.19. The van der Waals surface area contributed by atoms with Crippen molar-refractivity contribution in [1.29, 1.82) is 0 Å². The van der Waals surface area contributed by atoms with E-state index < -0.39 is 46.4 Å². The molecule has 1 saturated carbocycles. The van der Waals surface area contributed by atoms with Gasteiger partial charge in [-0.3, -0.25) is 4.79 Å². The topological polar surface area (TPSA) is 102 Å². The van der Waals surface area contributed by atoms with Gasteiger partial charge < -0.3 is 10.6 Å². The number of hydrogen-bond donors (Lipinski definition) is 3. The highest BCUT2D eigenvalue weighted by Gasteiger charge is 2.64. The van der Waals surface area contributed by atoms with Crippen LogP contribution in [-0.4, -0.2) is 42.9 Å². The lowest BCUT2D eigenvalue weighted by Crippen LogP contribution is -2.42. The molecule has 0 saturated heterocycles. The van der Waals surface area contributed by atoms with E-state index in [1.165, 1.54) is 0 Å². The van der Waals surface area contributed by atoms with E-state index in [-0.39, 0.29) is 22.0 Å². The van der Waals surface area contributed by atoms with Crippen molar-refractivity contribution in [1.82, 2.24) is 24.9 Å². The summed E-state index contributed by atoms with van der Waals surface area (Å²) in [5.74, 6) is -7.71. The predicted octanol–water partition coefficient (Wildman–Crippen LogP) is 2.25. The number of anilines is 1. The van der Waals surface area contributed by atoms with Crippen molar-refractivity contribution in [2.75, 3.05) is 5.32 Å². The van der Waals surface area contributed by atoms with Gasteiger partial charge in [0.05, 0.1) is 18.1 Å². The SMILES string of the molecule is Cn1nc(C(F)(F)C(F)(F)F)c(C(F)(F)F)c1-n1cc(N/C=C(\C(=[NH2+])Cl)C(=O)NC2CC2)cn1. The van der Waals surface area contributed by atoms with Crippen LogP contribution in [0.4, 0.5) is 40.8 Å². The first-order valence-corrected chi connectivity index (χ1v) is 9.62. The van der Waals surface area contributed by atoms with Crippen molar-refractivity contribution in [2.24, 2.45) is 7.05 Å². The summed E-state index contributed by atoms with van der Waals surface area (Å²) in [4.78, 5) is 12.1. The van der Waals surface area contributed by atoms with Gasteiger partial charge >= 0.3 is 18.3 Å². The second kappa shape index (κ2) is 8.56. The van der Waals surface area contributed by atoms with E-state index in [1.807, 2.05) is 0 Å². The van der Waals surface area contributed by atoms with Gasteiger partial charge in [0.2, 0.25) is 0 Å². The second-order valence-corrected chi connectivity index (χ2v) is 7.62. The summed E-state index contributed by atoms with van der Waals surface area (Å²) in [6.07, 6.45) is -7.63. The first-order chi connectivity index (χ1) is 15.5. The number of nitrogens with two attached hydrogens (primary N) is 1. The number of aryl methyl sites for hydroxylation is 1. The Labute approximate surface area is 190 Å². The number of rotatable bonds is 7. The maximum atomic E-state index is 13.8. The highest BCUT2D eigenvalue weighted by Crippen LogP contribution is 2.49. The number of amides is 1. The summed E-state index contributed by atoms with van der Waals surface area (Å²) in [6.45, 7) is 0. The number of aromatic nitrogens is 4. The number of carbonyl (C=O) groups is 1. The predicted molar refractivity (Wildman–Crippen MR) is 101 cm³/mol. The molecule has 1 aliphatic carbocycles.